The first-order valence-corrected chi connectivity index (χ1v) is 12.7. The minimum Gasteiger partial charge on any atom is -0.508 e. The molecule has 0 unspecified atom stereocenters. The molecule has 0 spiro atoms. The van der Waals surface area contributed by atoms with Gasteiger partial charge >= 0.3 is 6.09 Å². The molecular weight excluding hydrogens is 482 g/mol. The summed E-state index contributed by atoms with van der Waals surface area (Å²) >= 11 is 0. The van der Waals surface area contributed by atoms with E-state index in [-0.39, 0.29) is 23.6 Å². The van der Waals surface area contributed by atoms with Gasteiger partial charge in [0.15, 0.2) is 0 Å². The number of likely N-dealkylation sites (tertiary alicyclic amines) is 1. The summed E-state index contributed by atoms with van der Waals surface area (Å²) in [5.74, 6) is 0.560. The quantitative estimate of drug-likeness (QED) is 0.322. The number of pyridine rings is 1. The summed E-state index contributed by atoms with van der Waals surface area (Å²) < 4.78 is 0. The van der Waals surface area contributed by atoms with Crippen molar-refractivity contribution in [2.75, 3.05) is 13.6 Å². The van der Waals surface area contributed by atoms with Gasteiger partial charge in [-0.25, -0.2) is 9.78 Å². The molecule has 2 atom stereocenters. The number of hydrogen-bond acceptors (Lipinski definition) is 5. The summed E-state index contributed by atoms with van der Waals surface area (Å²) in [6.07, 6.45) is 4.06. The van der Waals surface area contributed by atoms with Crippen molar-refractivity contribution in [1.29, 1.82) is 0 Å². The largest absolute Gasteiger partial charge is 0.508 e. The third-order valence-corrected chi connectivity index (χ3v) is 7.25. The van der Waals surface area contributed by atoms with E-state index in [0.717, 1.165) is 51.0 Å². The average Bonchev–Trinajstić information content (AvgIpc) is 3.58. The van der Waals surface area contributed by atoms with Gasteiger partial charge in [0.2, 0.25) is 5.91 Å². The number of aromatic amines is 1. The highest BCUT2D eigenvalue weighted by atomic mass is 16.4. The van der Waals surface area contributed by atoms with E-state index >= 15 is 0 Å². The van der Waals surface area contributed by atoms with Crippen LogP contribution in [0.3, 0.4) is 0 Å². The maximum atomic E-state index is 13.4. The maximum absolute atomic E-state index is 13.4. The van der Waals surface area contributed by atoms with Gasteiger partial charge in [0.05, 0.1) is 23.4 Å². The van der Waals surface area contributed by atoms with Crippen LogP contribution in [-0.4, -0.2) is 66.6 Å². The minimum atomic E-state index is -1.12. The number of aromatic hydroxyl groups is 1. The number of imidazole rings is 1. The zero-order chi connectivity index (χ0) is 27.0. The Kier molecular flexibility index (Phi) is 6.75. The number of aromatic nitrogens is 3. The molecule has 2 aromatic heterocycles. The predicted octanol–water partition coefficient (Wildman–Crippen LogP) is 5.30. The molecule has 0 saturated carbocycles. The second-order valence-electron chi connectivity index (χ2n) is 10.1. The Balaban J connectivity index is 1.35. The number of phenolic OH excluding ortho intramolecular Hbond substituents is 1. The highest BCUT2D eigenvalue weighted by Crippen LogP contribution is 2.34. The summed E-state index contributed by atoms with van der Waals surface area (Å²) in [7, 11) is 1.45. The van der Waals surface area contributed by atoms with E-state index in [1.165, 1.54) is 7.05 Å². The number of likely N-dealkylation sites (N-methyl/N-ethyl adjacent to an activating group) is 1. The summed E-state index contributed by atoms with van der Waals surface area (Å²) in [5, 5.41) is 20.1. The first kappa shape index (κ1) is 25.3. The highest BCUT2D eigenvalue weighted by molar-refractivity contribution is 5.86. The van der Waals surface area contributed by atoms with Gasteiger partial charge in [-0.3, -0.25) is 14.7 Å². The van der Waals surface area contributed by atoms with Gasteiger partial charge in [-0.2, -0.15) is 0 Å². The number of hydrogen-bond donors (Lipinski definition) is 3. The van der Waals surface area contributed by atoms with E-state index in [1.54, 1.807) is 29.4 Å². The standard InChI is InChI=1S/C29H31N5O4/c1-17(2)26(33(3)29(37)38)28(36)34-12-4-5-25(34)27-31-16-24(32-27)19-8-6-18(7-9-19)21-13-20-10-11-22(35)14-23(20)30-15-21/h6-11,13-17,25-26,35H,4-5,12H2,1-3H3,(H,31,32)(H,37,38)/t25-,26-/m0/s1. The van der Waals surface area contributed by atoms with Crippen LogP contribution in [0.2, 0.25) is 0 Å². The first-order chi connectivity index (χ1) is 18.2. The van der Waals surface area contributed by atoms with E-state index in [0.29, 0.717) is 12.4 Å². The number of phenols is 1. The smallest absolute Gasteiger partial charge is 0.407 e. The van der Waals surface area contributed by atoms with E-state index in [2.05, 4.69) is 15.0 Å². The highest BCUT2D eigenvalue weighted by Gasteiger charge is 2.39. The van der Waals surface area contributed by atoms with E-state index in [9.17, 15) is 19.8 Å². The number of nitrogens with zero attached hydrogens (tertiary/aromatic N) is 4. The number of amides is 2. The molecule has 38 heavy (non-hydrogen) atoms. The lowest BCUT2D eigenvalue weighted by Crippen LogP contribution is -2.51. The summed E-state index contributed by atoms with van der Waals surface area (Å²) in [6, 6.07) is 14.3. The van der Waals surface area contributed by atoms with Gasteiger partial charge in [-0.15, -0.1) is 0 Å². The average molecular weight is 514 g/mol. The third-order valence-electron chi connectivity index (χ3n) is 7.25. The van der Waals surface area contributed by atoms with Gasteiger partial charge in [-0.05, 0) is 48.1 Å². The lowest BCUT2D eigenvalue weighted by molar-refractivity contribution is -0.138. The molecule has 2 amide bonds. The molecule has 9 nitrogen and oxygen atoms in total. The molecular formula is C29H31N5O4. The van der Waals surface area contributed by atoms with E-state index < -0.39 is 12.1 Å². The molecule has 5 rings (SSSR count). The van der Waals surface area contributed by atoms with Crippen molar-refractivity contribution in [2.45, 2.75) is 38.8 Å². The van der Waals surface area contributed by atoms with Crippen molar-refractivity contribution >= 4 is 22.9 Å². The molecule has 3 N–H and O–H groups in total. The van der Waals surface area contributed by atoms with Gasteiger partial charge in [0, 0.05) is 36.8 Å². The lowest BCUT2D eigenvalue weighted by atomic mass is 10.0. The zero-order valence-electron chi connectivity index (χ0n) is 21.6. The number of carbonyl (C=O) groups excluding carboxylic acids is 1. The number of benzene rings is 2. The Morgan fingerprint density at radius 1 is 1.03 bits per heavy atom. The van der Waals surface area contributed by atoms with Crippen molar-refractivity contribution < 1.29 is 19.8 Å². The van der Waals surface area contributed by atoms with E-state index in [1.807, 2.05) is 50.2 Å². The monoisotopic (exact) mass is 513 g/mol. The van der Waals surface area contributed by atoms with Crippen LogP contribution >= 0.6 is 0 Å². The number of carbonyl (C=O) groups is 2. The van der Waals surface area contributed by atoms with E-state index in [4.69, 9.17) is 0 Å². The van der Waals surface area contributed by atoms with Crippen LogP contribution < -0.4 is 0 Å². The second-order valence-corrected chi connectivity index (χ2v) is 10.1. The molecule has 4 aromatic rings. The summed E-state index contributed by atoms with van der Waals surface area (Å²) in [6.45, 7) is 4.30. The van der Waals surface area contributed by atoms with Gasteiger partial charge in [-0.1, -0.05) is 38.1 Å². The van der Waals surface area contributed by atoms with Crippen molar-refractivity contribution in [3.05, 3.63) is 66.7 Å². The number of carboxylic acid groups (broad SMARTS) is 1. The summed E-state index contributed by atoms with van der Waals surface area (Å²) in [4.78, 5) is 40.3. The SMILES string of the molecule is CC(C)[C@@H](C(=O)N1CCC[C@H]1c1ncc(-c2ccc(-c3cnc4cc(O)ccc4c3)cc2)[nH]1)N(C)C(=O)O. The lowest BCUT2D eigenvalue weighted by Gasteiger charge is -2.33. The molecule has 0 bridgehead atoms. The van der Waals surface area contributed by atoms with Crippen molar-refractivity contribution in [3.63, 3.8) is 0 Å². The topological polar surface area (TPSA) is 123 Å². The predicted molar refractivity (Wildman–Crippen MR) is 145 cm³/mol. The first-order valence-electron chi connectivity index (χ1n) is 12.7. The van der Waals surface area contributed by atoms with Gasteiger partial charge < -0.3 is 20.1 Å². The molecule has 1 saturated heterocycles. The van der Waals surface area contributed by atoms with Crippen LogP contribution in [0.5, 0.6) is 5.75 Å². The molecule has 2 aromatic carbocycles. The minimum absolute atomic E-state index is 0.152. The Morgan fingerprint density at radius 2 is 1.76 bits per heavy atom. The Labute approximate surface area is 220 Å². The maximum Gasteiger partial charge on any atom is 0.407 e. The van der Waals surface area contributed by atoms with Gasteiger partial charge in [0.1, 0.15) is 17.6 Å². The molecule has 9 heteroatoms. The fourth-order valence-electron chi connectivity index (χ4n) is 5.26. The van der Waals surface area contributed by atoms with Crippen LogP contribution in [-0.2, 0) is 4.79 Å². The fraction of sp³-hybridized carbons (Fsp3) is 0.310. The molecule has 3 heterocycles. The van der Waals surface area contributed by atoms with Gasteiger partial charge in [0.25, 0.3) is 0 Å². The van der Waals surface area contributed by atoms with Crippen LogP contribution in [0.1, 0.15) is 38.6 Å². The molecule has 1 fully saturated rings. The van der Waals surface area contributed by atoms with Crippen molar-refractivity contribution in [3.8, 4) is 28.1 Å². The number of H-pyrrole nitrogens is 1. The summed E-state index contributed by atoms with van der Waals surface area (Å²) in [5.41, 5.74) is 4.55. The molecule has 196 valence electrons. The Hall–Kier alpha value is -4.40. The number of nitrogens with one attached hydrogen (secondary N) is 1. The normalized spacial score (nSPS) is 16.2. The van der Waals surface area contributed by atoms with Crippen LogP contribution in [0.25, 0.3) is 33.3 Å². The fourth-order valence-corrected chi connectivity index (χ4v) is 5.26. The van der Waals surface area contributed by atoms with Crippen molar-refractivity contribution in [1.82, 2.24) is 24.8 Å². The Morgan fingerprint density at radius 3 is 2.47 bits per heavy atom. The molecule has 0 radical (unpaired) electrons. The number of rotatable bonds is 6. The van der Waals surface area contributed by atoms with Crippen LogP contribution in [0.4, 0.5) is 4.79 Å². The van der Waals surface area contributed by atoms with Crippen LogP contribution in [0.15, 0.2) is 60.9 Å². The zero-order valence-corrected chi connectivity index (χ0v) is 21.6. The second kappa shape index (κ2) is 10.2. The van der Waals surface area contributed by atoms with Crippen molar-refractivity contribution in [2.24, 2.45) is 5.92 Å². The molecule has 1 aliphatic rings. The third kappa shape index (κ3) is 4.79. The Bertz CT molecular complexity index is 1480. The molecule has 0 aliphatic carbocycles. The number of fused-ring (bicyclic) bond motifs is 1. The van der Waals surface area contributed by atoms with Crippen LogP contribution in [0, 0.1) is 5.92 Å². The molecule has 1 aliphatic heterocycles.